The van der Waals surface area contributed by atoms with Gasteiger partial charge in [-0.3, -0.25) is 4.79 Å². The molecule has 0 saturated carbocycles. The Kier molecular flexibility index (Phi) is 6.50. The summed E-state index contributed by atoms with van der Waals surface area (Å²) < 4.78 is 32.3. The van der Waals surface area contributed by atoms with Gasteiger partial charge in [-0.1, -0.05) is 34.4 Å². The molecule has 0 fully saturated rings. The quantitative estimate of drug-likeness (QED) is 0.495. The highest BCUT2D eigenvalue weighted by Crippen LogP contribution is 2.23. The van der Waals surface area contributed by atoms with Crippen molar-refractivity contribution in [2.24, 2.45) is 0 Å². The highest BCUT2D eigenvalue weighted by atomic mass is 35.5. The number of rotatable bonds is 6. The summed E-state index contributed by atoms with van der Waals surface area (Å²) in [5.74, 6) is -0.335. The Morgan fingerprint density at radius 2 is 1.80 bits per heavy atom. The summed E-state index contributed by atoms with van der Waals surface area (Å²) >= 11 is 11.9. The molecule has 0 radical (unpaired) electrons. The zero-order chi connectivity index (χ0) is 21.9. The van der Waals surface area contributed by atoms with Crippen molar-refractivity contribution in [3.63, 3.8) is 0 Å². The van der Waals surface area contributed by atoms with Crippen LogP contribution >= 0.6 is 23.2 Å². The van der Waals surface area contributed by atoms with Gasteiger partial charge in [0, 0.05) is 27.4 Å². The van der Waals surface area contributed by atoms with Crippen LogP contribution in [0.5, 0.6) is 0 Å². The fraction of sp³-hybridized carbons (Fsp3) is 0.100. The van der Waals surface area contributed by atoms with E-state index in [9.17, 15) is 13.2 Å². The summed E-state index contributed by atoms with van der Waals surface area (Å²) in [7, 11) is -3.86. The molecule has 30 heavy (non-hydrogen) atoms. The highest BCUT2D eigenvalue weighted by Gasteiger charge is 2.19. The molecular formula is C20H17Cl2N3O4S. The van der Waals surface area contributed by atoms with Crippen LogP contribution in [0, 0.1) is 13.8 Å². The Morgan fingerprint density at radius 3 is 2.40 bits per heavy atom. The topological polar surface area (TPSA) is 101 Å². The third kappa shape index (κ3) is 5.21. The number of nitrogens with zero attached hydrogens (tertiary/aromatic N) is 1. The van der Waals surface area contributed by atoms with Crippen molar-refractivity contribution < 1.29 is 17.7 Å². The lowest BCUT2D eigenvalue weighted by molar-refractivity contribution is -0.111. The second-order valence-corrected chi connectivity index (χ2v) is 8.87. The summed E-state index contributed by atoms with van der Waals surface area (Å²) in [6.45, 7) is 3.41. The number of benzene rings is 2. The van der Waals surface area contributed by atoms with Crippen molar-refractivity contribution in [3.05, 3.63) is 75.4 Å². The van der Waals surface area contributed by atoms with Crippen LogP contribution in [0.15, 0.2) is 58.0 Å². The molecule has 0 atom stereocenters. The number of halogens is 2. The van der Waals surface area contributed by atoms with E-state index in [1.165, 1.54) is 30.3 Å². The summed E-state index contributed by atoms with van der Waals surface area (Å²) in [6.07, 6.45) is 2.87. The van der Waals surface area contributed by atoms with Gasteiger partial charge in [0.25, 0.3) is 10.0 Å². The van der Waals surface area contributed by atoms with Crippen molar-refractivity contribution in [2.45, 2.75) is 18.7 Å². The van der Waals surface area contributed by atoms with Gasteiger partial charge in [0.15, 0.2) is 0 Å². The second kappa shape index (κ2) is 8.91. The van der Waals surface area contributed by atoms with Gasteiger partial charge < -0.3 is 9.84 Å². The molecular weight excluding hydrogens is 449 g/mol. The Labute approximate surface area is 183 Å². The van der Waals surface area contributed by atoms with Gasteiger partial charge in [-0.2, -0.15) is 0 Å². The zero-order valence-electron chi connectivity index (χ0n) is 15.9. The van der Waals surface area contributed by atoms with Crippen LogP contribution in [0.1, 0.15) is 16.8 Å². The minimum Gasteiger partial charge on any atom is -0.337 e. The molecule has 156 valence electrons. The minimum absolute atomic E-state index is 0.0115. The SMILES string of the molecule is Cc1noc(NS(=O)(=O)c2ccc(NC(=O)C=Cc3ccc(Cl)cc3Cl)cc2)c1C. The Balaban J connectivity index is 1.67. The lowest BCUT2D eigenvalue weighted by Crippen LogP contribution is -2.13. The molecule has 0 unspecified atom stereocenters. The predicted molar refractivity (Wildman–Crippen MR) is 117 cm³/mol. The predicted octanol–water partition coefficient (Wildman–Crippen LogP) is 5.05. The molecule has 7 nitrogen and oxygen atoms in total. The smallest absolute Gasteiger partial charge is 0.264 e. The molecule has 0 aliphatic carbocycles. The molecule has 3 aromatic rings. The first-order valence-electron chi connectivity index (χ1n) is 8.65. The van der Waals surface area contributed by atoms with Crippen molar-refractivity contribution in [1.82, 2.24) is 5.16 Å². The van der Waals surface area contributed by atoms with Gasteiger partial charge in [-0.05, 0) is 61.9 Å². The molecule has 1 aromatic heterocycles. The fourth-order valence-electron chi connectivity index (χ4n) is 2.39. The van der Waals surface area contributed by atoms with E-state index in [4.69, 9.17) is 27.7 Å². The van der Waals surface area contributed by atoms with Crippen LogP contribution in [0.2, 0.25) is 10.0 Å². The summed E-state index contributed by atoms with van der Waals surface area (Å²) in [5.41, 5.74) is 2.27. The number of nitrogens with one attached hydrogen (secondary N) is 2. The molecule has 2 N–H and O–H groups in total. The van der Waals surface area contributed by atoms with Gasteiger partial charge >= 0.3 is 0 Å². The van der Waals surface area contributed by atoms with E-state index in [-0.39, 0.29) is 10.8 Å². The lowest BCUT2D eigenvalue weighted by atomic mass is 10.2. The van der Waals surface area contributed by atoms with Gasteiger partial charge in [0.1, 0.15) is 0 Å². The van der Waals surface area contributed by atoms with Crippen LogP contribution in [-0.4, -0.2) is 19.5 Å². The van der Waals surface area contributed by atoms with E-state index in [0.717, 1.165) is 0 Å². The third-order valence-electron chi connectivity index (χ3n) is 4.19. The van der Waals surface area contributed by atoms with E-state index >= 15 is 0 Å². The molecule has 10 heteroatoms. The van der Waals surface area contributed by atoms with E-state index in [2.05, 4.69) is 15.2 Å². The van der Waals surface area contributed by atoms with E-state index in [1.807, 2.05) is 0 Å². The summed E-state index contributed by atoms with van der Waals surface area (Å²) in [5, 5.41) is 7.29. The van der Waals surface area contributed by atoms with Crippen molar-refractivity contribution in [3.8, 4) is 0 Å². The van der Waals surface area contributed by atoms with Gasteiger partial charge in [-0.15, -0.1) is 0 Å². The van der Waals surface area contributed by atoms with Gasteiger partial charge in [-0.25, -0.2) is 13.1 Å². The van der Waals surface area contributed by atoms with Crippen LogP contribution in [0.4, 0.5) is 11.6 Å². The van der Waals surface area contributed by atoms with Crippen LogP contribution in [-0.2, 0) is 14.8 Å². The summed E-state index contributed by atoms with van der Waals surface area (Å²) in [4.78, 5) is 12.1. The normalized spacial score (nSPS) is 11.6. The van der Waals surface area contributed by atoms with Gasteiger partial charge in [0.2, 0.25) is 11.8 Å². The molecule has 0 aliphatic heterocycles. The van der Waals surface area contributed by atoms with Crippen LogP contribution in [0.25, 0.3) is 6.08 Å². The number of sulfonamides is 1. The molecule has 0 spiro atoms. The third-order valence-corrected chi connectivity index (χ3v) is 6.10. The van der Waals surface area contributed by atoms with E-state index in [0.29, 0.717) is 32.6 Å². The lowest BCUT2D eigenvalue weighted by Gasteiger charge is -2.07. The number of hydrogen-bond acceptors (Lipinski definition) is 5. The molecule has 0 bridgehead atoms. The maximum absolute atomic E-state index is 12.5. The maximum Gasteiger partial charge on any atom is 0.264 e. The molecule has 0 saturated heterocycles. The zero-order valence-corrected chi connectivity index (χ0v) is 18.3. The summed E-state index contributed by atoms with van der Waals surface area (Å²) in [6, 6.07) is 10.6. The second-order valence-electron chi connectivity index (χ2n) is 6.34. The standard InChI is InChI=1S/C20H17Cl2N3O4S/c1-12-13(2)24-29-20(12)25-30(27,28)17-8-6-16(7-9-17)23-19(26)10-4-14-3-5-15(21)11-18(14)22/h3-11,25H,1-2H3,(H,23,26). The average molecular weight is 466 g/mol. The molecule has 0 aliphatic rings. The fourth-order valence-corrected chi connectivity index (χ4v) is 3.91. The number of anilines is 2. The Bertz CT molecular complexity index is 1220. The first-order chi connectivity index (χ1) is 14.2. The average Bonchev–Trinajstić information content (AvgIpc) is 2.99. The first kappa shape index (κ1) is 21.9. The van der Waals surface area contributed by atoms with Crippen molar-refractivity contribution in [1.29, 1.82) is 0 Å². The van der Waals surface area contributed by atoms with E-state index < -0.39 is 15.9 Å². The van der Waals surface area contributed by atoms with Crippen molar-refractivity contribution >= 4 is 56.8 Å². The Hall–Kier alpha value is -2.81. The van der Waals surface area contributed by atoms with Crippen LogP contribution < -0.4 is 10.0 Å². The number of carbonyl (C=O) groups excluding carboxylic acids is 1. The molecule has 3 rings (SSSR count). The number of hydrogen-bond donors (Lipinski definition) is 2. The number of amides is 1. The monoisotopic (exact) mass is 465 g/mol. The number of carbonyl (C=O) groups is 1. The van der Waals surface area contributed by atoms with Crippen molar-refractivity contribution in [2.75, 3.05) is 10.0 Å². The minimum atomic E-state index is -3.86. The highest BCUT2D eigenvalue weighted by molar-refractivity contribution is 7.92. The molecule has 2 aromatic carbocycles. The number of aromatic nitrogens is 1. The number of aryl methyl sites for hydroxylation is 1. The molecule has 1 amide bonds. The van der Waals surface area contributed by atoms with Gasteiger partial charge in [0.05, 0.1) is 10.6 Å². The Morgan fingerprint density at radius 1 is 1.10 bits per heavy atom. The molecule has 1 heterocycles. The van der Waals surface area contributed by atoms with E-state index in [1.54, 1.807) is 38.1 Å². The van der Waals surface area contributed by atoms with Crippen LogP contribution in [0.3, 0.4) is 0 Å². The largest absolute Gasteiger partial charge is 0.337 e. The maximum atomic E-state index is 12.5. The first-order valence-corrected chi connectivity index (χ1v) is 10.9.